The van der Waals surface area contributed by atoms with Crippen LogP contribution in [0.15, 0.2) is 30.3 Å². The third-order valence-electron chi connectivity index (χ3n) is 4.41. The van der Waals surface area contributed by atoms with E-state index in [1.54, 1.807) is 4.90 Å². The van der Waals surface area contributed by atoms with Gasteiger partial charge in [-0.1, -0.05) is 37.3 Å². The van der Waals surface area contributed by atoms with Crippen molar-refractivity contribution in [3.05, 3.63) is 35.9 Å². The molecule has 0 bridgehead atoms. The number of benzene rings is 1. The van der Waals surface area contributed by atoms with Gasteiger partial charge in [0, 0.05) is 13.1 Å². The molecule has 1 aromatic carbocycles. The summed E-state index contributed by atoms with van der Waals surface area (Å²) in [5.74, 6) is -0.979. The normalized spacial score (nSPS) is 23.0. The Bertz CT molecular complexity index is 518. The van der Waals surface area contributed by atoms with Crippen LogP contribution in [0, 0.1) is 5.41 Å². The first-order valence-corrected chi connectivity index (χ1v) is 7.30. The van der Waals surface area contributed by atoms with Gasteiger partial charge in [-0.2, -0.15) is 0 Å². The van der Waals surface area contributed by atoms with Gasteiger partial charge in [-0.05, 0) is 24.8 Å². The fourth-order valence-electron chi connectivity index (χ4n) is 2.86. The lowest BCUT2D eigenvalue weighted by Gasteiger charge is -2.25. The molecule has 1 aliphatic heterocycles. The molecule has 2 atom stereocenters. The van der Waals surface area contributed by atoms with Crippen molar-refractivity contribution < 1.29 is 14.7 Å². The Morgan fingerprint density at radius 1 is 1.38 bits per heavy atom. The van der Waals surface area contributed by atoms with Crippen molar-refractivity contribution in [2.24, 2.45) is 11.1 Å². The monoisotopic (exact) mass is 290 g/mol. The topological polar surface area (TPSA) is 83.6 Å². The van der Waals surface area contributed by atoms with Gasteiger partial charge in [-0.15, -0.1) is 0 Å². The van der Waals surface area contributed by atoms with Crippen LogP contribution in [0.25, 0.3) is 0 Å². The first-order valence-electron chi connectivity index (χ1n) is 7.30. The van der Waals surface area contributed by atoms with Crippen LogP contribution in [-0.2, 0) is 16.0 Å². The molecule has 1 saturated heterocycles. The minimum atomic E-state index is -0.822. The summed E-state index contributed by atoms with van der Waals surface area (Å²) in [5.41, 5.74) is 6.20. The highest BCUT2D eigenvalue weighted by Crippen LogP contribution is 2.34. The largest absolute Gasteiger partial charge is 0.481 e. The average Bonchev–Trinajstić information content (AvgIpc) is 2.93. The summed E-state index contributed by atoms with van der Waals surface area (Å²) in [6.45, 7) is 2.59. The van der Waals surface area contributed by atoms with Crippen LogP contribution in [0.3, 0.4) is 0 Å². The maximum atomic E-state index is 12.4. The van der Waals surface area contributed by atoms with Gasteiger partial charge in [0.1, 0.15) is 0 Å². The molecule has 0 spiro atoms. The van der Waals surface area contributed by atoms with Gasteiger partial charge in [0.15, 0.2) is 0 Å². The van der Waals surface area contributed by atoms with E-state index in [4.69, 9.17) is 5.73 Å². The molecular weight excluding hydrogens is 268 g/mol. The summed E-state index contributed by atoms with van der Waals surface area (Å²) < 4.78 is 0. The van der Waals surface area contributed by atoms with E-state index < -0.39 is 17.4 Å². The Labute approximate surface area is 124 Å². The molecule has 1 unspecified atom stereocenters. The van der Waals surface area contributed by atoms with Gasteiger partial charge in [0.25, 0.3) is 0 Å². The number of carbonyl (C=O) groups is 2. The molecular formula is C16H22N2O3. The molecule has 21 heavy (non-hydrogen) atoms. The maximum absolute atomic E-state index is 12.4. The van der Waals surface area contributed by atoms with E-state index in [1.807, 2.05) is 37.3 Å². The van der Waals surface area contributed by atoms with Gasteiger partial charge < -0.3 is 15.7 Å². The van der Waals surface area contributed by atoms with Crippen LogP contribution in [0.2, 0.25) is 0 Å². The minimum absolute atomic E-state index is 0.157. The third-order valence-corrected chi connectivity index (χ3v) is 4.41. The first-order chi connectivity index (χ1) is 9.98. The van der Waals surface area contributed by atoms with Crippen LogP contribution < -0.4 is 5.73 Å². The summed E-state index contributed by atoms with van der Waals surface area (Å²) in [7, 11) is 0. The summed E-state index contributed by atoms with van der Waals surface area (Å²) >= 11 is 0. The molecule has 114 valence electrons. The first kappa shape index (κ1) is 15.5. The number of rotatable bonds is 5. The van der Waals surface area contributed by atoms with E-state index in [9.17, 15) is 14.7 Å². The Morgan fingerprint density at radius 2 is 2.05 bits per heavy atom. The molecule has 1 aromatic rings. The van der Waals surface area contributed by atoms with E-state index in [-0.39, 0.29) is 12.5 Å². The van der Waals surface area contributed by atoms with Crippen LogP contribution in [0.1, 0.15) is 25.3 Å². The molecule has 5 nitrogen and oxygen atoms in total. The summed E-state index contributed by atoms with van der Waals surface area (Å²) in [6, 6.07) is 8.99. The standard InChI is InChI=1S/C16H22N2O3/c1-2-16(15(20)21)8-9-18(11-16)14(19)13(17)10-12-6-4-3-5-7-12/h3-7,13H,2,8-11,17H2,1H3,(H,20,21)/t13-,16?/m0/s1. The Morgan fingerprint density at radius 3 is 2.57 bits per heavy atom. The number of nitrogens with two attached hydrogens (primary N) is 1. The van der Waals surface area contributed by atoms with Crippen molar-refractivity contribution in [3.8, 4) is 0 Å². The van der Waals surface area contributed by atoms with Gasteiger partial charge >= 0.3 is 5.97 Å². The van der Waals surface area contributed by atoms with Crippen molar-refractivity contribution in [1.29, 1.82) is 0 Å². The highest BCUT2D eigenvalue weighted by atomic mass is 16.4. The van der Waals surface area contributed by atoms with Crippen LogP contribution >= 0.6 is 0 Å². The molecule has 0 saturated carbocycles. The maximum Gasteiger partial charge on any atom is 0.311 e. The predicted molar refractivity (Wildman–Crippen MR) is 79.7 cm³/mol. The molecule has 1 heterocycles. The number of likely N-dealkylation sites (tertiary alicyclic amines) is 1. The fourth-order valence-corrected chi connectivity index (χ4v) is 2.86. The smallest absolute Gasteiger partial charge is 0.311 e. The van der Waals surface area contributed by atoms with Crippen LogP contribution in [0.4, 0.5) is 0 Å². The lowest BCUT2D eigenvalue weighted by Crippen LogP contribution is -2.45. The Kier molecular flexibility index (Phi) is 4.63. The fraction of sp³-hybridized carbons (Fsp3) is 0.500. The van der Waals surface area contributed by atoms with Gasteiger partial charge in [0.05, 0.1) is 11.5 Å². The quantitative estimate of drug-likeness (QED) is 0.855. The Hall–Kier alpha value is -1.88. The van der Waals surface area contributed by atoms with Gasteiger partial charge in [0.2, 0.25) is 5.91 Å². The molecule has 5 heteroatoms. The average molecular weight is 290 g/mol. The third kappa shape index (κ3) is 3.24. The van der Waals surface area contributed by atoms with E-state index in [1.165, 1.54) is 0 Å². The second-order valence-corrected chi connectivity index (χ2v) is 5.75. The molecule has 1 fully saturated rings. The van der Waals surface area contributed by atoms with E-state index in [0.717, 1.165) is 5.56 Å². The molecule has 1 aliphatic rings. The lowest BCUT2D eigenvalue weighted by atomic mass is 9.84. The van der Waals surface area contributed by atoms with E-state index >= 15 is 0 Å². The van der Waals surface area contributed by atoms with Crippen molar-refractivity contribution in [2.75, 3.05) is 13.1 Å². The number of carboxylic acids is 1. The molecule has 0 aromatic heterocycles. The Balaban J connectivity index is 1.99. The molecule has 0 aliphatic carbocycles. The zero-order chi connectivity index (χ0) is 15.5. The molecule has 1 amide bonds. The number of hydrogen-bond donors (Lipinski definition) is 2. The summed E-state index contributed by atoms with van der Waals surface area (Å²) in [4.78, 5) is 25.4. The van der Waals surface area contributed by atoms with Gasteiger partial charge in [-0.25, -0.2) is 0 Å². The number of hydrogen-bond acceptors (Lipinski definition) is 3. The SMILES string of the molecule is CCC1(C(=O)O)CCN(C(=O)[C@@H](N)Cc2ccccc2)C1. The highest BCUT2D eigenvalue weighted by Gasteiger charge is 2.45. The van der Waals surface area contributed by atoms with Crippen LogP contribution in [-0.4, -0.2) is 41.0 Å². The van der Waals surface area contributed by atoms with Crippen molar-refractivity contribution in [2.45, 2.75) is 32.2 Å². The van der Waals surface area contributed by atoms with Gasteiger partial charge in [-0.3, -0.25) is 9.59 Å². The molecule has 3 N–H and O–H groups in total. The van der Waals surface area contributed by atoms with E-state index in [2.05, 4.69) is 0 Å². The number of amides is 1. The zero-order valence-electron chi connectivity index (χ0n) is 12.3. The number of nitrogens with zero attached hydrogens (tertiary/aromatic N) is 1. The number of carbonyl (C=O) groups excluding carboxylic acids is 1. The lowest BCUT2D eigenvalue weighted by molar-refractivity contribution is -0.148. The minimum Gasteiger partial charge on any atom is -0.481 e. The summed E-state index contributed by atoms with van der Waals surface area (Å²) in [5, 5.41) is 9.37. The van der Waals surface area contributed by atoms with Crippen molar-refractivity contribution >= 4 is 11.9 Å². The van der Waals surface area contributed by atoms with Crippen molar-refractivity contribution in [3.63, 3.8) is 0 Å². The number of aliphatic carboxylic acids is 1. The molecule has 0 radical (unpaired) electrons. The predicted octanol–water partition coefficient (Wildman–Crippen LogP) is 1.27. The second-order valence-electron chi connectivity index (χ2n) is 5.75. The molecule has 2 rings (SSSR count). The van der Waals surface area contributed by atoms with Crippen LogP contribution in [0.5, 0.6) is 0 Å². The highest BCUT2D eigenvalue weighted by molar-refractivity contribution is 5.84. The van der Waals surface area contributed by atoms with E-state index in [0.29, 0.717) is 25.8 Å². The summed E-state index contributed by atoms with van der Waals surface area (Å²) in [6.07, 6.45) is 1.50. The zero-order valence-corrected chi connectivity index (χ0v) is 12.3. The number of carboxylic acid groups (broad SMARTS) is 1. The second kappa shape index (κ2) is 6.26. The van der Waals surface area contributed by atoms with Crippen molar-refractivity contribution in [1.82, 2.24) is 4.90 Å².